The molecule has 0 fully saturated rings. The fourth-order valence-electron chi connectivity index (χ4n) is 3.51. The average molecular weight is 387 g/mol. The van der Waals surface area contributed by atoms with Crippen molar-refractivity contribution in [1.82, 2.24) is 4.40 Å². The number of esters is 2. The summed E-state index contributed by atoms with van der Waals surface area (Å²) < 4.78 is 11.5. The van der Waals surface area contributed by atoms with Gasteiger partial charge in [0, 0.05) is 16.5 Å². The number of ketones is 1. The van der Waals surface area contributed by atoms with E-state index >= 15 is 0 Å². The van der Waals surface area contributed by atoms with Crippen LogP contribution in [0, 0.1) is 0 Å². The summed E-state index contributed by atoms with van der Waals surface area (Å²) in [6.45, 7) is 0. The number of rotatable bonds is 4. The SMILES string of the molecule is COC(=O)c1cc2cc3ccccc3n2c(C(=O)c2ccccc2)c1C(=O)OC. The van der Waals surface area contributed by atoms with E-state index < -0.39 is 17.7 Å². The molecule has 0 radical (unpaired) electrons. The maximum atomic E-state index is 13.5. The third-order valence-electron chi connectivity index (χ3n) is 4.81. The number of para-hydroxylation sites is 1. The summed E-state index contributed by atoms with van der Waals surface area (Å²) in [5, 5.41) is 0.868. The average Bonchev–Trinajstić information content (AvgIpc) is 3.15. The number of pyridine rings is 1. The Morgan fingerprint density at radius 2 is 1.45 bits per heavy atom. The van der Waals surface area contributed by atoms with Crippen molar-refractivity contribution in [2.75, 3.05) is 14.2 Å². The summed E-state index contributed by atoms with van der Waals surface area (Å²) in [4.78, 5) is 38.7. The number of methoxy groups -OCH3 is 2. The molecule has 144 valence electrons. The zero-order valence-electron chi connectivity index (χ0n) is 15.8. The Hall–Kier alpha value is -3.93. The molecule has 0 spiro atoms. The molecule has 0 saturated carbocycles. The molecule has 2 heterocycles. The van der Waals surface area contributed by atoms with Gasteiger partial charge >= 0.3 is 11.9 Å². The molecule has 0 amide bonds. The minimum atomic E-state index is -0.788. The molecule has 0 bridgehead atoms. The summed E-state index contributed by atoms with van der Waals surface area (Å²) in [6, 6.07) is 19.4. The lowest BCUT2D eigenvalue weighted by atomic mass is 9.98. The van der Waals surface area contributed by atoms with Gasteiger partial charge in [-0.3, -0.25) is 4.79 Å². The van der Waals surface area contributed by atoms with Crippen molar-refractivity contribution < 1.29 is 23.9 Å². The minimum Gasteiger partial charge on any atom is -0.465 e. The summed E-state index contributed by atoms with van der Waals surface area (Å²) in [6.07, 6.45) is 0. The van der Waals surface area contributed by atoms with Gasteiger partial charge in [-0.1, -0.05) is 48.5 Å². The van der Waals surface area contributed by atoms with E-state index in [2.05, 4.69) is 0 Å². The van der Waals surface area contributed by atoms with Gasteiger partial charge in [-0.05, 0) is 18.2 Å². The van der Waals surface area contributed by atoms with E-state index in [1.807, 2.05) is 30.3 Å². The van der Waals surface area contributed by atoms with Crippen LogP contribution in [0.2, 0.25) is 0 Å². The van der Waals surface area contributed by atoms with Gasteiger partial charge in [0.2, 0.25) is 5.78 Å². The smallest absolute Gasteiger partial charge is 0.341 e. The Bertz CT molecular complexity index is 1270. The number of ether oxygens (including phenoxy) is 2. The van der Waals surface area contributed by atoms with Crippen molar-refractivity contribution in [1.29, 1.82) is 0 Å². The second-order valence-electron chi connectivity index (χ2n) is 6.42. The number of benzene rings is 2. The van der Waals surface area contributed by atoms with Gasteiger partial charge in [-0.2, -0.15) is 0 Å². The van der Waals surface area contributed by atoms with Crippen LogP contribution >= 0.6 is 0 Å². The molecule has 0 saturated heterocycles. The van der Waals surface area contributed by atoms with Gasteiger partial charge in [0.1, 0.15) is 11.3 Å². The summed E-state index contributed by atoms with van der Waals surface area (Å²) >= 11 is 0. The predicted molar refractivity (Wildman–Crippen MR) is 107 cm³/mol. The monoisotopic (exact) mass is 387 g/mol. The summed E-state index contributed by atoms with van der Waals surface area (Å²) in [5.74, 6) is -1.91. The number of aromatic nitrogens is 1. The number of hydrogen-bond acceptors (Lipinski definition) is 5. The normalized spacial score (nSPS) is 10.8. The van der Waals surface area contributed by atoms with Crippen LogP contribution in [0.1, 0.15) is 36.8 Å². The molecule has 6 heteroatoms. The van der Waals surface area contributed by atoms with Crippen LogP contribution < -0.4 is 0 Å². The topological polar surface area (TPSA) is 74.1 Å². The highest BCUT2D eigenvalue weighted by atomic mass is 16.5. The molecule has 0 unspecified atom stereocenters. The molecule has 29 heavy (non-hydrogen) atoms. The summed E-state index contributed by atoms with van der Waals surface area (Å²) in [7, 11) is 2.43. The molecule has 0 aliphatic heterocycles. The first kappa shape index (κ1) is 18.4. The zero-order chi connectivity index (χ0) is 20.5. The Labute approximate surface area is 166 Å². The highest BCUT2D eigenvalue weighted by molar-refractivity contribution is 6.18. The van der Waals surface area contributed by atoms with Crippen LogP contribution in [0.3, 0.4) is 0 Å². The number of fused-ring (bicyclic) bond motifs is 3. The lowest BCUT2D eigenvalue weighted by Gasteiger charge is -2.15. The molecule has 2 aromatic carbocycles. The van der Waals surface area contributed by atoms with Gasteiger partial charge in [0.15, 0.2) is 0 Å². The maximum absolute atomic E-state index is 13.5. The van der Waals surface area contributed by atoms with Crippen molar-refractivity contribution in [3.8, 4) is 0 Å². The van der Waals surface area contributed by atoms with Gasteiger partial charge < -0.3 is 13.9 Å². The van der Waals surface area contributed by atoms with Crippen molar-refractivity contribution in [2.45, 2.75) is 0 Å². The molecular weight excluding hydrogens is 370 g/mol. The number of carbonyl (C=O) groups is 3. The first-order valence-electron chi connectivity index (χ1n) is 8.90. The van der Waals surface area contributed by atoms with Gasteiger partial charge in [-0.15, -0.1) is 0 Å². The van der Waals surface area contributed by atoms with Crippen molar-refractivity contribution in [2.24, 2.45) is 0 Å². The lowest BCUT2D eigenvalue weighted by molar-refractivity contribution is 0.0553. The van der Waals surface area contributed by atoms with E-state index in [4.69, 9.17) is 9.47 Å². The largest absolute Gasteiger partial charge is 0.465 e. The molecule has 0 aliphatic carbocycles. The maximum Gasteiger partial charge on any atom is 0.341 e. The molecule has 4 aromatic rings. The van der Waals surface area contributed by atoms with E-state index in [1.165, 1.54) is 14.2 Å². The number of carbonyl (C=O) groups excluding carboxylic acids is 3. The second-order valence-corrected chi connectivity index (χ2v) is 6.42. The number of hydrogen-bond donors (Lipinski definition) is 0. The fourth-order valence-corrected chi connectivity index (χ4v) is 3.51. The Morgan fingerprint density at radius 3 is 2.14 bits per heavy atom. The first-order chi connectivity index (χ1) is 14.1. The van der Waals surface area contributed by atoms with E-state index in [-0.39, 0.29) is 16.8 Å². The third kappa shape index (κ3) is 2.95. The van der Waals surface area contributed by atoms with E-state index in [1.54, 1.807) is 40.8 Å². The standard InChI is InChI=1S/C23H17NO5/c1-28-22(26)17-13-16-12-15-10-6-7-11-18(15)24(16)20(19(17)23(27)29-2)21(25)14-8-4-3-5-9-14/h3-13H,1-2H3. The Morgan fingerprint density at radius 1 is 0.793 bits per heavy atom. The minimum absolute atomic E-state index is 0.0195. The summed E-state index contributed by atoms with van der Waals surface area (Å²) in [5.41, 5.74) is 1.64. The Kier molecular flexibility index (Phi) is 4.60. The predicted octanol–water partition coefficient (Wildman–Crippen LogP) is 3.90. The molecule has 0 N–H and O–H groups in total. The zero-order valence-corrected chi connectivity index (χ0v) is 15.8. The highest BCUT2D eigenvalue weighted by Crippen LogP contribution is 2.29. The molecule has 6 nitrogen and oxygen atoms in total. The van der Waals surface area contributed by atoms with Crippen molar-refractivity contribution in [3.05, 3.63) is 89.1 Å². The van der Waals surface area contributed by atoms with E-state index in [9.17, 15) is 14.4 Å². The van der Waals surface area contributed by atoms with Crippen LogP contribution in [0.5, 0.6) is 0 Å². The molecule has 0 aliphatic rings. The Balaban J connectivity index is 2.20. The van der Waals surface area contributed by atoms with Crippen molar-refractivity contribution in [3.63, 3.8) is 0 Å². The van der Waals surface area contributed by atoms with Gasteiger partial charge in [0.05, 0.1) is 25.3 Å². The van der Waals surface area contributed by atoms with Crippen LogP contribution in [0.15, 0.2) is 66.7 Å². The fraction of sp³-hybridized carbons (Fsp3) is 0.0870. The molecular formula is C23H17NO5. The third-order valence-corrected chi connectivity index (χ3v) is 4.81. The van der Waals surface area contributed by atoms with E-state index in [0.29, 0.717) is 11.1 Å². The molecule has 4 rings (SSSR count). The second kappa shape index (κ2) is 7.24. The van der Waals surface area contributed by atoms with Crippen LogP contribution in [-0.2, 0) is 9.47 Å². The first-order valence-corrected chi connectivity index (χ1v) is 8.90. The van der Waals surface area contributed by atoms with E-state index in [0.717, 1.165) is 10.9 Å². The quantitative estimate of drug-likeness (QED) is 0.392. The number of nitrogens with zero attached hydrogens (tertiary/aromatic N) is 1. The van der Waals surface area contributed by atoms with Crippen LogP contribution in [-0.4, -0.2) is 36.3 Å². The molecule has 2 aromatic heterocycles. The van der Waals surface area contributed by atoms with Gasteiger partial charge in [0.25, 0.3) is 0 Å². The van der Waals surface area contributed by atoms with Crippen LogP contribution in [0.25, 0.3) is 16.4 Å². The van der Waals surface area contributed by atoms with Crippen LogP contribution in [0.4, 0.5) is 0 Å². The highest BCUT2D eigenvalue weighted by Gasteiger charge is 2.30. The molecule has 0 atom stereocenters. The van der Waals surface area contributed by atoms with Gasteiger partial charge in [-0.25, -0.2) is 9.59 Å². The lowest BCUT2D eigenvalue weighted by Crippen LogP contribution is -2.21. The van der Waals surface area contributed by atoms with Crippen molar-refractivity contribution >= 4 is 34.1 Å².